The number of guanidine groups is 1. The van der Waals surface area contributed by atoms with Crippen LogP contribution in [-0.4, -0.2) is 85.4 Å². The van der Waals surface area contributed by atoms with Gasteiger partial charge in [-0.05, 0) is 39.8 Å². The van der Waals surface area contributed by atoms with Crippen molar-refractivity contribution in [1.82, 2.24) is 15.1 Å². The van der Waals surface area contributed by atoms with Crippen molar-refractivity contribution in [2.45, 2.75) is 33.3 Å². The Labute approximate surface area is 197 Å². The third kappa shape index (κ3) is 7.73. The van der Waals surface area contributed by atoms with Gasteiger partial charge in [0.05, 0.1) is 5.69 Å². The van der Waals surface area contributed by atoms with Crippen molar-refractivity contribution in [3.63, 3.8) is 0 Å². The van der Waals surface area contributed by atoms with Crippen molar-refractivity contribution in [2.24, 2.45) is 4.99 Å². The summed E-state index contributed by atoms with van der Waals surface area (Å²) < 4.78 is 5.45. The van der Waals surface area contributed by atoms with Crippen molar-refractivity contribution in [2.75, 3.05) is 57.8 Å². The summed E-state index contributed by atoms with van der Waals surface area (Å²) >= 11 is 0. The van der Waals surface area contributed by atoms with E-state index in [2.05, 4.69) is 20.1 Å². The Morgan fingerprint density at radius 3 is 2.40 bits per heavy atom. The zero-order valence-electron chi connectivity index (χ0n) is 18.7. The number of aliphatic imine (C=N–C) groups is 1. The van der Waals surface area contributed by atoms with Crippen LogP contribution in [0.3, 0.4) is 0 Å². The molecule has 0 atom stereocenters. The predicted octanol–water partition coefficient (Wildman–Crippen LogP) is 2.96. The summed E-state index contributed by atoms with van der Waals surface area (Å²) in [7, 11) is 1.77. The molecule has 0 unspecified atom stereocenters. The molecule has 0 radical (unpaired) electrons. The summed E-state index contributed by atoms with van der Waals surface area (Å²) in [6.45, 7) is 12.5. The van der Waals surface area contributed by atoms with E-state index in [9.17, 15) is 9.90 Å². The molecule has 1 saturated heterocycles. The van der Waals surface area contributed by atoms with Gasteiger partial charge in [-0.2, -0.15) is 0 Å². The van der Waals surface area contributed by atoms with Crippen LogP contribution in [0.2, 0.25) is 0 Å². The van der Waals surface area contributed by atoms with Crippen molar-refractivity contribution in [3.8, 4) is 5.75 Å². The molecule has 30 heavy (non-hydrogen) atoms. The largest absolute Gasteiger partial charge is 0.506 e. The smallest absolute Gasteiger partial charge is 0.410 e. The fourth-order valence-electron chi connectivity index (χ4n) is 3.23. The lowest BCUT2D eigenvalue weighted by Crippen LogP contribution is -2.53. The molecule has 1 fully saturated rings. The van der Waals surface area contributed by atoms with E-state index in [0.717, 1.165) is 37.8 Å². The number of rotatable bonds is 5. The van der Waals surface area contributed by atoms with Gasteiger partial charge in [-0.3, -0.25) is 4.99 Å². The number of phenolic OH excluding ortho intramolecular Hbond substituents is 1. The molecule has 2 N–H and O–H groups in total. The number of phenols is 1. The van der Waals surface area contributed by atoms with Gasteiger partial charge < -0.3 is 29.9 Å². The van der Waals surface area contributed by atoms with Gasteiger partial charge in [0.25, 0.3) is 0 Å². The first kappa shape index (κ1) is 26.1. The first-order valence-electron chi connectivity index (χ1n) is 10.2. The Kier molecular flexibility index (Phi) is 10.5. The van der Waals surface area contributed by atoms with Gasteiger partial charge in [-0.1, -0.05) is 12.1 Å². The van der Waals surface area contributed by atoms with Crippen molar-refractivity contribution >= 4 is 41.7 Å². The van der Waals surface area contributed by atoms with Crippen molar-refractivity contribution in [3.05, 3.63) is 24.3 Å². The summed E-state index contributed by atoms with van der Waals surface area (Å²) in [5.41, 5.74) is 0.368. The normalized spacial score (nSPS) is 14.8. The van der Waals surface area contributed by atoms with Crippen LogP contribution < -0.4 is 10.2 Å². The van der Waals surface area contributed by atoms with Crippen LogP contribution in [0, 0.1) is 0 Å². The lowest BCUT2D eigenvalue weighted by atomic mass is 10.2. The maximum atomic E-state index is 12.2. The van der Waals surface area contributed by atoms with Crippen molar-refractivity contribution in [1.29, 1.82) is 0 Å². The Morgan fingerprint density at radius 2 is 1.87 bits per heavy atom. The maximum absolute atomic E-state index is 12.2. The van der Waals surface area contributed by atoms with Gasteiger partial charge in [-0.15, -0.1) is 24.0 Å². The van der Waals surface area contributed by atoms with Crippen LogP contribution in [0.15, 0.2) is 29.3 Å². The number of piperazine rings is 1. The van der Waals surface area contributed by atoms with Crippen LogP contribution in [0.4, 0.5) is 10.5 Å². The first-order valence-corrected chi connectivity index (χ1v) is 10.2. The Bertz CT molecular complexity index is 700. The number of carbonyl (C=O) groups excluding carboxylic acids is 1. The minimum Gasteiger partial charge on any atom is -0.506 e. The molecule has 0 spiro atoms. The molecular formula is C21H36IN5O3. The number of nitrogens with zero attached hydrogens (tertiary/aromatic N) is 4. The minimum absolute atomic E-state index is 0. The lowest BCUT2D eigenvalue weighted by Gasteiger charge is -2.38. The molecule has 0 aromatic heterocycles. The topological polar surface area (TPSA) is 80.6 Å². The van der Waals surface area contributed by atoms with E-state index in [1.165, 1.54) is 0 Å². The van der Waals surface area contributed by atoms with E-state index in [4.69, 9.17) is 4.74 Å². The molecule has 0 bridgehead atoms. The van der Waals surface area contributed by atoms with E-state index in [1.807, 2.05) is 45.9 Å². The molecule has 0 saturated carbocycles. The standard InChI is InChI=1S/C21H35N5O3.HI/c1-6-24(20(28)29-21(2,3)4)12-11-23-19(22-5)26-15-13-25(14-16-26)17-9-7-8-10-18(17)27;/h7-10,27H,6,11-16H2,1-5H3,(H,22,23);1H. The molecule has 1 heterocycles. The lowest BCUT2D eigenvalue weighted by molar-refractivity contribution is 0.0263. The Hall–Kier alpha value is -1.91. The van der Waals surface area contributed by atoms with Gasteiger partial charge in [-0.25, -0.2) is 4.79 Å². The number of likely N-dealkylation sites (N-methyl/N-ethyl adjacent to an activating group) is 1. The fourth-order valence-corrected chi connectivity index (χ4v) is 3.23. The molecule has 0 aliphatic carbocycles. The second kappa shape index (κ2) is 12.1. The third-order valence-electron chi connectivity index (χ3n) is 4.71. The zero-order valence-corrected chi connectivity index (χ0v) is 21.1. The number of ether oxygens (including phenoxy) is 1. The van der Waals surface area contributed by atoms with Gasteiger partial charge in [0.1, 0.15) is 11.4 Å². The van der Waals surface area contributed by atoms with E-state index >= 15 is 0 Å². The summed E-state index contributed by atoms with van der Waals surface area (Å²) in [6.07, 6.45) is -0.298. The number of halogens is 1. The first-order chi connectivity index (χ1) is 13.7. The molecule has 1 aliphatic heterocycles. The molecule has 1 amide bonds. The monoisotopic (exact) mass is 533 g/mol. The summed E-state index contributed by atoms with van der Waals surface area (Å²) in [5, 5.41) is 13.4. The number of nitrogens with one attached hydrogen (secondary N) is 1. The average Bonchev–Trinajstić information content (AvgIpc) is 2.67. The van der Waals surface area contributed by atoms with Crippen LogP contribution in [0.1, 0.15) is 27.7 Å². The molecule has 8 nitrogen and oxygen atoms in total. The van der Waals surface area contributed by atoms with E-state index in [0.29, 0.717) is 25.4 Å². The second-order valence-corrected chi connectivity index (χ2v) is 8.00. The SMILES string of the molecule is CCN(CCNC(=NC)N1CCN(c2ccccc2O)CC1)C(=O)OC(C)(C)C.I. The number of benzene rings is 1. The number of carbonyl (C=O) groups is 1. The van der Waals surface area contributed by atoms with Gasteiger partial charge in [0.15, 0.2) is 5.96 Å². The average molecular weight is 533 g/mol. The highest BCUT2D eigenvalue weighted by Crippen LogP contribution is 2.27. The van der Waals surface area contributed by atoms with Gasteiger partial charge >= 0.3 is 6.09 Å². The Balaban J connectivity index is 0.00000450. The Morgan fingerprint density at radius 1 is 1.23 bits per heavy atom. The fraction of sp³-hybridized carbons (Fsp3) is 0.619. The van der Waals surface area contributed by atoms with Gasteiger partial charge in [0.2, 0.25) is 0 Å². The summed E-state index contributed by atoms with van der Waals surface area (Å²) in [4.78, 5) is 22.7. The second-order valence-electron chi connectivity index (χ2n) is 8.00. The number of amides is 1. The molecule has 2 rings (SSSR count). The molecule has 1 aromatic rings. The van der Waals surface area contributed by atoms with Crippen LogP contribution in [-0.2, 0) is 4.74 Å². The van der Waals surface area contributed by atoms with Gasteiger partial charge in [0, 0.05) is 52.9 Å². The van der Waals surface area contributed by atoms with E-state index in [1.54, 1.807) is 18.0 Å². The number of hydrogen-bond acceptors (Lipinski definition) is 5. The number of hydrogen-bond donors (Lipinski definition) is 2. The number of anilines is 1. The predicted molar refractivity (Wildman–Crippen MR) is 132 cm³/mol. The van der Waals surface area contributed by atoms with Crippen LogP contribution in [0.25, 0.3) is 0 Å². The zero-order chi connectivity index (χ0) is 21.4. The molecule has 9 heteroatoms. The number of para-hydroxylation sites is 2. The van der Waals surface area contributed by atoms with Crippen molar-refractivity contribution < 1.29 is 14.6 Å². The molecular weight excluding hydrogens is 497 g/mol. The maximum Gasteiger partial charge on any atom is 0.410 e. The highest BCUT2D eigenvalue weighted by atomic mass is 127. The molecule has 170 valence electrons. The minimum atomic E-state index is -0.499. The molecule has 1 aliphatic rings. The van der Waals surface area contributed by atoms with Crippen LogP contribution >= 0.6 is 24.0 Å². The quantitative estimate of drug-likeness (QED) is 0.344. The summed E-state index contributed by atoms with van der Waals surface area (Å²) in [5.74, 6) is 1.13. The molecule has 1 aromatic carbocycles. The highest BCUT2D eigenvalue weighted by molar-refractivity contribution is 14.0. The van der Waals surface area contributed by atoms with Crippen LogP contribution in [0.5, 0.6) is 5.75 Å². The van der Waals surface area contributed by atoms with E-state index in [-0.39, 0.29) is 30.1 Å². The highest BCUT2D eigenvalue weighted by Gasteiger charge is 2.23. The van der Waals surface area contributed by atoms with E-state index < -0.39 is 5.60 Å². The number of aromatic hydroxyl groups is 1. The summed E-state index contributed by atoms with van der Waals surface area (Å²) in [6, 6.07) is 7.42. The third-order valence-corrected chi connectivity index (χ3v) is 4.71.